The smallest absolute Gasteiger partial charge is 0.329 e. The number of rotatable bonds is 7. The number of carbonyl (C=O) groups is 2. The number of methoxy groups -OCH3 is 1. The molecule has 164 valence electrons. The Bertz CT molecular complexity index is 1220. The average molecular weight is 542 g/mol. The summed E-state index contributed by atoms with van der Waals surface area (Å²) in [5.41, 5.74) is 2.08. The van der Waals surface area contributed by atoms with Gasteiger partial charge in [0.05, 0.1) is 10.7 Å². The quantitative estimate of drug-likeness (QED) is 0.249. The number of benzene rings is 3. The number of nitrogens with one attached hydrogen (secondary N) is 1. The first-order valence-corrected chi connectivity index (χ1v) is 11.4. The van der Waals surface area contributed by atoms with Crippen molar-refractivity contribution in [2.75, 3.05) is 13.7 Å². The summed E-state index contributed by atoms with van der Waals surface area (Å²) >= 11 is 2.19. The fourth-order valence-electron chi connectivity index (χ4n) is 3.70. The first kappa shape index (κ1) is 22.1. The Labute approximate surface area is 200 Å². The largest absolute Gasteiger partial charge is 0.493 e. The maximum Gasteiger partial charge on any atom is 0.329 e. The third kappa shape index (κ3) is 4.43. The summed E-state index contributed by atoms with van der Waals surface area (Å²) in [7, 11) is 1.58. The van der Waals surface area contributed by atoms with Crippen LogP contribution in [0, 0.1) is 3.57 Å². The highest BCUT2D eigenvalue weighted by molar-refractivity contribution is 14.1. The fraction of sp³-hybridized carbons (Fsp3) is 0.200. The predicted molar refractivity (Wildman–Crippen MR) is 133 cm³/mol. The number of nitrogens with zero attached hydrogens (tertiary/aromatic N) is 1. The third-order valence-corrected chi connectivity index (χ3v) is 6.03. The molecule has 0 atom stereocenters. The number of hydrogen-bond acceptors (Lipinski definition) is 4. The van der Waals surface area contributed by atoms with E-state index in [1.807, 2.05) is 31.2 Å². The van der Waals surface area contributed by atoms with E-state index in [4.69, 9.17) is 9.47 Å². The van der Waals surface area contributed by atoms with Gasteiger partial charge in [0.1, 0.15) is 12.3 Å². The molecule has 32 heavy (non-hydrogen) atoms. The summed E-state index contributed by atoms with van der Waals surface area (Å²) < 4.78 is 12.6. The van der Waals surface area contributed by atoms with Crippen molar-refractivity contribution in [3.8, 4) is 11.5 Å². The fourth-order valence-corrected chi connectivity index (χ4v) is 4.48. The van der Waals surface area contributed by atoms with E-state index in [0.29, 0.717) is 31.1 Å². The summed E-state index contributed by atoms with van der Waals surface area (Å²) in [5, 5.41) is 4.96. The number of urea groups is 1. The van der Waals surface area contributed by atoms with Crippen molar-refractivity contribution in [3.05, 3.63) is 75.0 Å². The van der Waals surface area contributed by atoms with Crippen LogP contribution in [0.1, 0.15) is 24.5 Å². The Morgan fingerprint density at radius 1 is 1.09 bits per heavy atom. The molecule has 0 radical (unpaired) electrons. The van der Waals surface area contributed by atoms with Crippen LogP contribution in [0.5, 0.6) is 11.5 Å². The van der Waals surface area contributed by atoms with Gasteiger partial charge in [0.25, 0.3) is 5.91 Å². The van der Waals surface area contributed by atoms with E-state index in [1.165, 1.54) is 4.90 Å². The van der Waals surface area contributed by atoms with E-state index >= 15 is 0 Å². The second kappa shape index (κ2) is 9.60. The molecule has 7 heteroatoms. The van der Waals surface area contributed by atoms with Gasteiger partial charge in [0.15, 0.2) is 11.5 Å². The Morgan fingerprint density at radius 2 is 1.88 bits per heavy atom. The van der Waals surface area contributed by atoms with Crippen LogP contribution in [-0.2, 0) is 11.4 Å². The molecule has 0 aromatic heterocycles. The van der Waals surface area contributed by atoms with Crippen molar-refractivity contribution in [1.82, 2.24) is 10.2 Å². The normalized spacial score (nSPS) is 14.8. The zero-order valence-electron chi connectivity index (χ0n) is 17.9. The number of halogens is 1. The van der Waals surface area contributed by atoms with Crippen LogP contribution in [-0.4, -0.2) is 30.5 Å². The number of carbonyl (C=O) groups excluding carboxylic acids is 2. The van der Waals surface area contributed by atoms with E-state index in [-0.39, 0.29) is 17.6 Å². The lowest BCUT2D eigenvalue weighted by atomic mass is 10.1. The monoisotopic (exact) mass is 542 g/mol. The van der Waals surface area contributed by atoms with Crippen LogP contribution in [0.25, 0.3) is 16.8 Å². The van der Waals surface area contributed by atoms with Crippen molar-refractivity contribution in [3.63, 3.8) is 0 Å². The van der Waals surface area contributed by atoms with E-state index in [2.05, 4.69) is 52.2 Å². The number of fused-ring (bicyclic) bond motifs is 1. The molecule has 1 aliphatic heterocycles. The van der Waals surface area contributed by atoms with Gasteiger partial charge in [0.2, 0.25) is 0 Å². The van der Waals surface area contributed by atoms with Crippen molar-refractivity contribution in [2.24, 2.45) is 0 Å². The first-order chi connectivity index (χ1) is 15.5. The van der Waals surface area contributed by atoms with Gasteiger partial charge in [-0.25, -0.2) is 4.79 Å². The van der Waals surface area contributed by atoms with Crippen molar-refractivity contribution in [2.45, 2.75) is 20.0 Å². The van der Waals surface area contributed by atoms with Crippen LogP contribution >= 0.6 is 22.6 Å². The highest BCUT2D eigenvalue weighted by Gasteiger charge is 2.32. The molecule has 1 aliphatic rings. The lowest BCUT2D eigenvalue weighted by Gasteiger charge is -2.15. The van der Waals surface area contributed by atoms with Gasteiger partial charge < -0.3 is 14.8 Å². The highest BCUT2D eigenvalue weighted by atomic mass is 127. The molecule has 1 N–H and O–H groups in total. The zero-order valence-corrected chi connectivity index (χ0v) is 20.0. The lowest BCUT2D eigenvalue weighted by Crippen LogP contribution is -2.31. The summed E-state index contributed by atoms with van der Waals surface area (Å²) in [6.45, 7) is 2.71. The second-order valence-corrected chi connectivity index (χ2v) is 8.57. The highest BCUT2D eigenvalue weighted by Crippen LogP contribution is 2.36. The molecule has 0 aliphatic carbocycles. The lowest BCUT2D eigenvalue weighted by molar-refractivity contribution is -0.122. The minimum atomic E-state index is -0.389. The molecule has 1 saturated heterocycles. The molecule has 1 heterocycles. The van der Waals surface area contributed by atoms with Gasteiger partial charge in [-0.1, -0.05) is 49.4 Å². The minimum absolute atomic E-state index is 0.255. The molecular weight excluding hydrogens is 519 g/mol. The molecular formula is C25H23IN2O4. The topological polar surface area (TPSA) is 67.9 Å². The van der Waals surface area contributed by atoms with Crippen molar-refractivity contribution >= 4 is 51.4 Å². The van der Waals surface area contributed by atoms with Gasteiger partial charge in [-0.3, -0.25) is 9.69 Å². The zero-order chi connectivity index (χ0) is 22.7. The molecule has 0 saturated carbocycles. The summed E-state index contributed by atoms with van der Waals surface area (Å²) in [4.78, 5) is 25.8. The molecule has 0 spiro atoms. The van der Waals surface area contributed by atoms with E-state index in [0.717, 1.165) is 25.5 Å². The van der Waals surface area contributed by atoms with Crippen LogP contribution in [0.3, 0.4) is 0 Å². The summed E-state index contributed by atoms with van der Waals surface area (Å²) in [6.07, 6.45) is 2.37. The molecule has 3 aromatic rings. The van der Waals surface area contributed by atoms with Crippen LogP contribution in [0.2, 0.25) is 0 Å². The third-order valence-electron chi connectivity index (χ3n) is 5.22. The molecule has 1 fully saturated rings. The summed E-state index contributed by atoms with van der Waals surface area (Å²) in [6, 6.07) is 17.7. The van der Waals surface area contributed by atoms with Gasteiger partial charge >= 0.3 is 6.03 Å². The molecule has 6 nitrogen and oxygen atoms in total. The van der Waals surface area contributed by atoms with Crippen LogP contribution in [0.4, 0.5) is 4.79 Å². The maximum atomic E-state index is 12.5. The van der Waals surface area contributed by atoms with Crippen molar-refractivity contribution in [1.29, 1.82) is 0 Å². The molecule has 0 unspecified atom stereocenters. The number of hydrogen-bond donors (Lipinski definition) is 1. The molecule has 3 aromatic carbocycles. The van der Waals surface area contributed by atoms with Gasteiger partial charge in [-0.15, -0.1) is 0 Å². The number of ether oxygens (including phenoxy) is 2. The Morgan fingerprint density at radius 3 is 2.66 bits per heavy atom. The maximum absolute atomic E-state index is 12.5. The van der Waals surface area contributed by atoms with Crippen molar-refractivity contribution < 1.29 is 19.1 Å². The van der Waals surface area contributed by atoms with E-state index in [1.54, 1.807) is 19.3 Å². The predicted octanol–water partition coefficient (Wildman–Crippen LogP) is 5.33. The van der Waals surface area contributed by atoms with Gasteiger partial charge in [0, 0.05) is 6.54 Å². The number of amides is 3. The standard InChI is InChI=1S/C25H23IN2O4/c1-3-11-28-24(29)21(27-25(28)30)13-16-12-20(26)23(22(14-16)31-2)32-15-18-9-6-8-17-7-4-5-10-19(17)18/h4-10,12-14H,3,11,15H2,1-2H3,(H,27,30)/b21-13+. The molecule has 3 amide bonds. The average Bonchev–Trinajstić information content (AvgIpc) is 3.05. The van der Waals surface area contributed by atoms with E-state index in [9.17, 15) is 9.59 Å². The molecule has 4 rings (SSSR count). The first-order valence-electron chi connectivity index (χ1n) is 10.3. The van der Waals surface area contributed by atoms with Crippen LogP contribution in [0.15, 0.2) is 60.3 Å². The number of imide groups is 1. The Kier molecular flexibility index (Phi) is 6.64. The molecule has 0 bridgehead atoms. The van der Waals surface area contributed by atoms with Gasteiger partial charge in [-0.05, 0) is 69.1 Å². The second-order valence-electron chi connectivity index (χ2n) is 7.41. The van der Waals surface area contributed by atoms with Gasteiger partial charge in [-0.2, -0.15) is 0 Å². The Balaban J connectivity index is 1.59. The van der Waals surface area contributed by atoms with E-state index < -0.39 is 0 Å². The Hall–Kier alpha value is -3.07. The SMILES string of the molecule is CCCN1C(=O)N/C(=C/c2cc(I)c(OCc3cccc4ccccc34)c(OC)c2)C1=O. The van der Waals surface area contributed by atoms with Crippen LogP contribution < -0.4 is 14.8 Å². The summed E-state index contributed by atoms with van der Waals surface area (Å²) in [5.74, 6) is 0.880. The minimum Gasteiger partial charge on any atom is -0.493 e.